The summed E-state index contributed by atoms with van der Waals surface area (Å²) in [5.41, 5.74) is 2.69. The highest BCUT2D eigenvalue weighted by Crippen LogP contribution is 2.25. The van der Waals surface area contributed by atoms with Gasteiger partial charge >= 0.3 is 0 Å². The molecule has 0 saturated carbocycles. The number of aromatic nitrogens is 1. The fourth-order valence-electron chi connectivity index (χ4n) is 3.12. The van der Waals surface area contributed by atoms with Crippen molar-refractivity contribution in [3.05, 3.63) is 60.2 Å². The minimum Gasteiger partial charge on any atom is -0.424 e. The summed E-state index contributed by atoms with van der Waals surface area (Å²) in [4.78, 5) is 18.4. The fourth-order valence-corrected chi connectivity index (χ4v) is 3.12. The van der Waals surface area contributed by atoms with Crippen LogP contribution in [0.25, 0.3) is 11.1 Å². The third-order valence-electron chi connectivity index (χ3n) is 4.37. The number of carbonyl (C=O) groups excluding carboxylic acids is 1. The third kappa shape index (κ3) is 2.97. The zero-order valence-electron chi connectivity index (χ0n) is 13.3. The molecular formula is C19H19N3O2. The summed E-state index contributed by atoms with van der Waals surface area (Å²) in [6.07, 6.45) is 1.58. The zero-order chi connectivity index (χ0) is 16.4. The highest BCUT2D eigenvalue weighted by Gasteiger charge is 2.25. The number of fused-ring (bicyclic) bond motifs is 1. The predicted molar refractivity (Wildman–Crippen MR) is 92.6 cm³/mol. The smallest absolute Gasteiger partial charge is 0.296 e. The molecule has 1 saturated heterocycles. The molecule has 0 radical (unpaired) electrons. The van der Waals surface area contributed by atoms with E-state index in [-0.39, 0.29) is 11.9 Å². The molecule has 0 spiro atoms. The number of benzene rings is 2. The van der Waals surface area contributed by atoms with Gasteiger partial charge in [-0.05, 0) is 24.1 Å². The molecule has 1 aromatic heterocycles. The zero-order valence-corrected chi connectivity index (χ0v) is 13.3. The van der Waals surface area contributed by atoms with Crippen LogP contribution in [-0.2, 0) is 4.79 Å². The van der Waals surface area contributed by atoms with E-state index >= 15 is 0 Å². The number of carbonyl (C=O) groups is 1. The van der Waals surface area contributed by atoms with Crippen LogP contribution in [0.15, 0.2) is 59.0 Å². The van der Waals surface area contributed by atoms with Crippen molar-refractivity contribution in [3.8, 4) is 0 Å². The normalized spacial score (nSPS) is 15.8. The van der Waals surface area contributed by atoms with Gasteiger partial charge in [0.15, 0.2) is 5.58 Å². The maximum absolute atomic E-state index is 12.0. The second kappa shape index (κ2) is 6.35. The van der Waals surface area contributed by atoms with Crippen LogP contribution in [0.2, 0.25) is 0 Å². The Labute approximate surface area is 140 Å². The van der Waals surface area contributed by atoms with Crippen molar-refractivity contribution in [1.82, 2.24) is 9.88 Å². The second-order valence-corrected chi connectivity index (χ2v) is 6.04. The van der Waals surface area contributed by atoms with Crippen molar-refractivity contribution in [2.75, 3.05) is 18.4 Å². The molecule has 2 heterocycles. The van der Waals surface area contributed by atoms with E-state index in [2.05, 4.69) is 22.4 Å². The first-order valence-corrected chi connectivity index (χ1v) is 8.24. The lowest BCUT2D eigenvalue weighted by molar-refractivity contribution is -0.127. The maximum Gasteiger partial charge on any atom is 0.296 e. The molecule has 1 N–H and O–H groups in total. The van der Waals surface area contributed by atoms with Gasteiger partial charge in [0, 0.05) is 19.5 Å². The predicted octanol–water partition coefficient (Wildman–Crippen LogP) is 3.60. The number of hydrogen-bond acceptors (Lipinski definition) is 4. The Hall–Kier alpha value is -2.82. The summed E-state index contributed by atoms with van der Waals surface area (Å²) in [6, 6.07) is 18.2. The van der Waals surface area contributed by atoms with Gasteiger partial charge in [-0.1, -0.05) is 42.5 Å². The van der Waals surface area contributed by atoms with Gasteiger partial charge in [0.25, 0.3) is 6.01 Å². The van der Waals surface area contributed by atoms with Gasteiger partial charge in [-0.2, -0.15) is 4.98 Å². The highest BCUT2D eigenvalue weighted by atomic mass is 16.4. The third-order valence-corrected chi connectivity index (χ3v) is 4.37. The maximum atomic E-state index is 12.0. The number of oxazole rings is 1. The summed E-state index contributed by atoms with van der Waals surface area (Å²) in [6.45, 7) is 1.43. The molecule has 1 fully saturated rings. The van der Waals surface area contributed by atoms with Crippen molar-refractivity contribution in [2.45, 2.75) is 18.9 Å². The average molecular weight is 321 g/mol. The minimum absolute atomic E-state index is 0.0543. The largest absolute Gasteiger partial charge is 0.424 e. The van der Waals surface area contributed by atoms with Gasteiger partial charge < -0.3 is 14.6 Å². The molecule has 0 bridgehead atoms. The van der Waals surface area contributed by atoms with E-state index in [1.165, 1.54) is 0 Å². The lowest BCUT2D eigenvalue weighted by atomic mass is 10.1. The summed E-state index contributed by atoms with van der Waals surface area (Å²) in [5, 5.41) is 3.36. The molecule has 1 amide bonds. The van der Waals surface area contributed by atoms with Crippen molar-refractivity contribution in [3.63, 3.8) is 0 Å². The standard InChI is InChI=1S/C19H19N3O2/c23-18-11-6-12-22(18)13-16(14-7-2-1-3-8-14)21-19-20-15-9-4-5-10-17(15)24-19/h1-5,7-10,16H,6,11-13H2,(H,20,21)/t16-/m0/s1. The van der Waals surface area contributed by atoms with Gasteiger partial charge in [-0.25, -0.2) is 0 Å². The minimum atomic E-state index is -0.0543. The van der Waals surface area contributed by atoms with Gasteiger partial charge in [0.2, 0.25) is 5.91 Å². The van der Waals surface area contributed by atoms with Crippen LogP contribution in [0.5, 0.6) is 0 Å². The van der Waals surface area contributed by atoms with Crippen LogP contribution >= 0.6 is 0 Å². The first-order valence-electron chi connectivity index (χ1n) is 8.24. The number of likely N-dealkylation sites (tertiary alicyclic amines) is 1. The fraction of sp³-hybridized carbons (Fsp3) is 0.263. The van der Waals surface area contributed by atoms with Gasteiger partial charge in [-0.3, -0.25) is 4.79 Å². The number of para-hydroxylation sites is 2. The molecule has 24 heavy (non-hydrogen) atoms. The van der Waals surface area contributed by atoms with Crippen LogP contribution < -0.4 is 5.32 Å². The Bertz CT molecular complexity index is 811. The molecule has 4 rings (SSSR count). The van der Waals surface area contributed by atoms with E-state index in [4.69, 9.17) is 4.42 Å². The van der Waals surface area contributed by atoms with Gasteiger partial charge in [-0.15, -0.1) is 0 Å². The molecule has 0 unspecified atom stereocenters. The summed E-state index contributed by atoms with van der Waals surface area (Å²) >= 11 is 0. The number of amides is 1. The number of nitrogens with one attached hydrogen (secondary N) is 1. The SMILES string of the molecule is O=C1CCCN1C[C@H](Nc1nc2ccccc2o1)c1ccccc1. The number of hydrogen-bond donors (Lipinski definition) is 1. The monoisotopic (exact) mass is 321 g/mol. The van der Waals surface area contributed by atoms with Crippen LogP contribution in [0.4, 0.5) is 6.01 Å². The van der Waals surface area contributed by atoms with Gasteiger partial charge in [0.05, 0.1) is 6.04 Å². The molecule has 2 aromatic carbocycles. The van der Waals surface area contributed by atoms with Crippen molar-refractivity contribution < 1.29 is 9.21 Å². The van der Waals surface area contributed by atoms with Crippen LogP contribution in [0, 0.1) is 0 Å². The second-order valence-electron chi connectivity index (χ2n) is 6.04. The average Bonchev–Trinajstić information content (AvgIpc) is 3.21. The molecule has 5 nitrogen and oxygen atoms in total. The molecule has 3 aromatic rings. The molecule has 122 valence electrons. The first-order chi connectivity index (χ1) is 11.8. The number of nitrogens with zero attached hydrogens (tertiary/aromatic N) is 2. The lowest BCUT2D eigenvalue weighted by Crippen LogP contribution is -2.32. The van der Waals surface area contributed by atoms with E-state index in [0.29, 0.717) is 19.0 Å². The van der Waals surface area contributed by atoms with E-state index in [9.17, 15) is 4.79 Å². The number of rotatable bonds is 5. The molecule has 5 heteroatoms. The van der Waals surface area contributed by atoms with E-state index in [0.717, 1.165) is 29.6 Å². The summed E-state index contributed by atoms with van der Waals surface area (Å²) in [5.74, 6) is 0.218. The first kappa shape index (κ1) is 14.8. The molecule has 1 atom stereocenters. The molecule has 1 aliphatic rings. The van der Waals surface area contributed by atoms with E-state index < -0.39 is 0 Å². The molecular weight excluding hydrogens is 302 g/mol. The van der Waals surface area contributed by atoms with E-state index in [1.807, 2.05) is 47.4 Å². The van der Waals surface area contributed by atoms with Crippen LogP contribution in [-0.4, -0.2) is 28.9 Å². The van der Waals surface area contributed by atoms with Crippen LogP contribution in [0.3, 0.4) is 0 Å². The Morgan fingerprint density at radius 3 is 2.67 bits per heavy atom. The summed E-state index contributed by atoms with van der Waals surface area (Å²) < 4.78 is 5.79. The quantitative estimate of drug-likeness (QED) is 0.780. The molecule has 1 aliphatic heterocycles. The van der Waals surface area contributed by atoms with Crippen LogP contribution in [0.1, 0.15) is 24.4 Å². The molecule has 0 aliphatic carbocycles. The lowest BCUT2D eigenvalue weighted by Gasteiger charge is -2.24. The van der Waals surface area contributed by atoms with E-state index in [1.54, 1.807) is 0 Å². The van der Waals surface area contributed by atoms with Gasteiger partial charge in [0.1, 0.15) is 5.52 Å². The van der Waals surface area contributed by atoms with Crippen molar-refractivity contribution in [2.24, 2.45) is 0 Å². The number of anilines is 1. The Kier molecular flexibility index (Phi) is 3.91. The van der Waals surface area contributed by atoms with Crippen molar-refractivity contribution >= 4 is 23.0 Å². The highest BCUT2D eigenvalue weighted by molar-refractivity contribution is 5.78. The Morgan fingerprint density at radius 1 is 1.12 bits per heavy atom. The topological polar surface area (TPSA) is 58.4 Å². The van der Waals surface area contributed by atoms with Crippen molar-refractivity contribution in [1.29, 1.82) is 0 Å². The summed E-state index contributed by atoms with van der Waals surface area (Å²) in [7, 11) is 0. The Balaban J connectivity index is 1.60. The Morgan fingerprint density at radius 2 is 1.92 bits per heavy atom.